The molecule has 1 aliphatic carbocycles. The molecule has 0 bridgehead atoms. The fourth-order valence-electron chi connectivity index (χ4n) is 1.04. The monoisotopic (exact) mass is 526 g/mol. The van der Waals surface area contributed by atoms with Crippen molar-refractivity contribution in [3.05, 3.63) is 39.9 Å². The average molecular weight is 526 g/mol. The molecule has 0 aromatic rings. The zero-order chi connectivity index (χ0) is 24.4. The first-order valence-electron chi connectivity index (χ1n) is 7.25. The van der Waals surface area contributed by atoms with Gasteiger partial charge in [0.1, 0.15) is 5.60 Å². The van der Waals surface area contributed by atoms with Gasteiger partial charge in [-0.15, -0.1) is 0 Å². The number of aliphatic hydroxyl groups is 1. The van der Waals surface area contributed by atoms with Gasteiger partial charge in [-0.1, -0.05) is 32.6 Å². The zero-order valence-electron chi connectivity index (χ0n) is 17.3. The van der Waals surface area contributed by atoms with Crippen molar-refractivity contribution in [2.45, 2.75) is 63.8 Å². The second-order valence-corrected chi connectivity index (χ2v) is 11.0. The van der Waals surface area contributed by atoms with E-state index in [4.69, 9.17) is 32.3 Å². The van der Waals surface area contributed by atoms with Crippen LogP contribution in [0.25, 0.3) is 0 Å². The third-order valence-electron chi connectivity index (χ3n) is 3.54. The Bertz CT molecular complexity index is 496. The van der Waals surface area contributed by atoms with Crippen LogP contribution in [-0.2, 0) is 65.9 Å². The van der Waals surface area contributed by atoms with Crippen molar-refractivity contribution >= 4 is 8.32 Å². The summed E-state index contributed by atoms with van der Waals surface area (Å²) in [5.41, 5.74) is -0.642. The molecule has 0 aromatic carbocycles. The summed E-state index contributed by atoms with van der Waals surface area (Å²) in [5, 5.41) is 9.77. The Morgan fingerprint density at radius 2 is 1.13 bits per heavy atom. The Balaban J connectivity index is -0.0000000498. The van der Waals surface area contributed by atoms with E-state index >= 15 is 0 Å². The summed E-state index contributed by atoms with van der Waals surface area (Å²) in [5.74, 6) is 5.91. The predicted molar refractivity (Wildman–Crippen MR) is 93.3 cm³/mol. The first-order valence-corrected chi connectivity index (χ1v) is 10.2. The minimum Gasteiger partial charge on any atom is 0 e. The maximum atomic E-state index is 9.51. The SMILES string of the molecule is CC(C)(C)[Si](C)(C)OCCC#CC1(O)CC1.[C-]#[O+].[C-]#[O+].[C-]#[O+].[C-]#[O+].[C-]#[O+].[C-]#[O+].[Co].[Co]. The van der Waals surface area contributed by atoms with Crippen LogP contribution in [0.5, 0.6) is 0 Å². The summed E-state index contributed by atoms with van der Waals surface area (Å²) < 4.78 is 51.0. The van der Waals surface area contributed by atoms with Gasteiger partial charge in [0.05, 0.1) is 0 Å². The van der Waals surface area contributed by atoms with E-state index in [1.807, 2.05) is 0 Å². The maximum absolute atomic E-state index is 9.51. The minimum absolute atomic E-state index is 0. The third kappa shape index (κ3) is 34.6. The molecule has 1 N–H and O–H groups in total. The summed E-state index contributed by atoms with van der Waals surface area (Å²) in [6.07, 6.45) is 2.40. The Labute approximate surface area is 201 Å². The van der Waals surface area contributed by atoms with E-state index in [2.05, 4.69) is 85.6 Å². The zero-order valence-corrected chi connectivity index (χ0v) is 20.4. The molecular formula is C19H24Co2O8Si. The molecular weight excluding hydrogens is 502 g/mol. The Kier molecular flexibility index (Phi) is 61.2. The molecule has 1 fully saturated rings. The Hall–Kier alpha value is -0.850. The summed E-state index contributed by atoms with van der Waals surface area (Å²) in [4.78, 5) is 0. The Morgan fingerprint density at radius 1 is 0.833 bits per heavy atom. The second-order valence-electron chi connectivity index (χ2n) is 6.19. The number of hydrogen-bond donors (Lipinski definition) is 1. The molecule has 1 saturated carbocycles. The van der Waals surface area contributed by atoms with Crippen LogP contribution in [0.2, 0.25) is 18.1 Å². The van der Waals surface area contributed by atoms with E-state index in [1.54, 1.807) is 0 Å². The molecule has 0 saturated heterocycles. The predicted octanol–water partition coefficient (Wildman–Crippen LogP) is 2.70. The molecule has 0 heterocycles. The van der Waals surface area contributed by atoms with Crippen LogP contribution in [0.4, 0.5) is 0 Å². The van der Waals surface area contributed by atoms with E-state index in [9.17, 15) is 5.11 Å². The van der Waals surface area contributed by atoms with E-state index < -0.39 is 13.9 Å². The third-order valence-corrected chi connectivity index (χ3v) is 8.08. The van der Waals surface area contributed by atoms with Gasteiger partial charge in [0.2, 0.25) is 0 Å². The fraction of sp³-hybridized carbons (Fsp3) is 0.579. The van der Waals surface area contributed by atoms with Crippen molar-refractivity contribution in [1.29, 1.82) is 0 Å². The molecule has 0 aromatic heterocycles. The molecule has 0 atom stereocenters. The smallest absolute Gasteiger partial charge is 0 e. The van der Waals surface area contributed by atoms with Gasteiger partial charge in [0, 0.05) is 46.6 Å². The fourth-order valence-corrected chi connectivity index (χ4v) is 2.09. The van der Waals surface area contributed by atoms with E-state index in [0.29, 0.717) is 6.61 Å². The van der Waals surface area contributed by atoms with Crippen LogP contribution in [0, 0.1) is 51.7 Å². The van der Waals surface area contributed by atoms with Gasteiger partial charge in [0.25, 0.3) is 0 Å². The van der Waals surface area contributed by atoms with Gasteiger partial charge in [-0.05, 0) is 31.0 Å². The first-order chi connectivity index (χ1) is 13.2. The molecule has 0 amide bonds. The van der Waals surface area contributed by atoms with Crippen LogP contribution in [-0.4, -0.2) is 25.6 Å². The normalized spacial score (nSPS) is 10.5. The van der Waals surface area contributed by atoms with Crippen molar-refractivity contribution < 1.29 is 71.0 Å². The van der Waals surface area contributed by atoms with Crippen LogP contribution in [0.3, 0.4) is 0 Å². The van der Waals surface area contributed by atoms with E-state index in [0.717, 1.165) is 19.3 Å². The summed E-state index contributed by atoms with van der Waals surface area (Å²) in [7, 11) is -1.62. The van der Waals surface area contributed by atoms with Crippen molar-refractivity contribution in [2.24, 2.45) is 0 Å². The molecule has 1 rings (SSSR count). The molecule has 0 aliphatic heterocycles. The topological polar surface area (TPSA) is 149 Å². The summed E-state index contributed by atoms with van der Waals surface area (Å²) in [6.45, 7) is 38.9. The molecule has 11 heteroatoms. The van der Waals surface area contributed by atoms with Crippen LogP contribution >= 0.6 is 0 Å². The van der Waals surface area contributed by atoms with Gasteiger partial charge in [-0.2, -0.15) is 0 Å². The molecule has 8 nitrogen and oxygen atoms in total. The number of hydrogen-bond acceptors (Lipinski definition) is 2. The van der Waals surface area contributed by atoms with Crippen molar-refractivity contribution in [3.63, 3.8) is 0 Å². The quantitative estimate of drug-likeness (QED) is 0.198. The average Bonchev–Trinajstić information content (AvgIpc) is 3.47. The summed E-state index contributed by atoms with van der Waals surface area (Å²) in [6, 6.07) is 0. The van der Waals surface area contributed by atoms with Crippen LogP contribution in [0.1, 0.15) is 40.0 Å². The first kappa shape index (κ1) is 51.6. The van der Waals surface area contributed by atoms with Crippen LogP contribution in [0.15, 0.2) is 0 Å². The van der Waals surface area contributed by atoms with Gasteiger partial charge in [0.15, 0.2) is 8.32 Å². The molecule has 30 heavy (non-hydrogen) atoms. The molecule has 0 unspecified atom stereocenters. The largest absolute Gasteiger partial charge is 0 e. The second kappa shape index (κ2) is 35.6. The maximum Gasteiger partial charge on any atom is 0 e. The molecule has 0 spiro atoms. The van der Waals surface area contributed by atoms with Gasteiger partial charge < -0.3 is 9.53 Å². The van der Waals surface area contributed by atoms with E-state index in [-0.39, 0.29) is 38.6 Å². The summed E-state index contributed by atoms with van der Waals surface area (Å²) >= 11 is 0. The van der Waals surface area contributed by atoms with Gasteiger partial charge in [-0.25, -0.2) is 0 Å². The molecule has 1 aliphatic rings. The van der Waals surface area contributed by atoms with Crippen molar-refractivity contribution in [2.75, 3.05) is 6.61 Å². The minimum atomic E-state index is -1.62. The van der Waals surface area contributed by atoms with E-state index in [1.165, 1.54) is 0 Å². The van der Waals surface area contributed by atoms with Gasteiger partial charge >= 0.3 is 67.8 Å². The standard InChI is InChI=1S/C13H24O2Si.6CO.2Co/c1-12(2,3)16(4,5)15-11-7-6-8-13(14)9-10-13;6*1-2;;/h14H,7,9-11H2,1-5H3;;;;;;;;. The van der Waals surface area contributed by atoms with Gasteiger partial charge in [-0.3, -0.25) is 0 Å². The van der Waals surface area contributed by atoms with Crippen LogP contribution < -0.4 is 0 Å². The molecule has 170 valence electrons. The molecule has 2 radical (unpaired) electrons. The van der Waals surface area contributed by atoms with Crippen molar-refractivity contribution in [1.82, 2.24) is 0 Å². The Morgan fingerprint density at radius 3 is 1.37 bits per heavy atom. The number of rotatable bonds is 3. The van der Waals surface area contributed by atoms with Crippen molar-refractivity contribution in [3.8, 4) is 11.8 Å².